The van der Waals surface area contributed by atoms with Gasteiger partial charge >= 0.3 is 0 Å². The van der Waals surface area contributed by atoms with Crippen LogP contribution >= 0.6 is 0 Å². The molecule has 0 spiro atoms. The number of carbonyl (C=O) groups is 1. The number of nitrogen functional groups attached to an aromatic ring is 1. The van der Waals surface area contributed by atoms with Crippen LogP contribution in [0.3, 0.4) is 0 Å². The maximum atomic E-state index is 11.9. The highest BCUT2D eigenvalue weighted by atomic mass is 16.5. The summed E-state index contributed by atoms with van der Waals surface area (Å²) < 4.78 is 6.93. The third kappa shape index (κ3) is 3.80. The molecule has 3 N–H and O–H groups in total. The summed E-state index contributed by atoms with van der Waals surface area (Å²) in [6, 6.07) is 11.6. The van der Waals surface area contributed by atoms with Crippen LogP contribution in [-0.4, -0.2) is 34.9 Å². The van der Waals surface area contributed by atoms with Crippen molar-refractivity contribution in [3.63, 3.8) is 0 Å². The van der Waals surface area contributed by atoms with E-state index in [0.29, 0.717) is 43.1 Å². The minimum Gasteiger partial charge on any atom is -0.382 e. The van der Waals surface area contributed by atoms with Gasteiger partial charge in [0.25, 0.3) is 0 Å². The molecule has 7 nitrogen and oxygen atoms in total. The van der Waals surface area contributed by atoms with E-state index in [-0.39, 0.29) is 12.0 Å². The maximum Gasteiger partial charge on any atom is 0.249 e. The second-order valence-corrected chi connectivity index (χ2v) is 5.96. The molecule has 1 amide bonds. The molecule has 2 aromatic rings. The average molecular weight is 339 g/mol. The molecule has 1 aromatic heterocycles. The predicted octanol–water partition coefficient (Wildman–Crippen LogP) is 1.55. The third-order valence-electron chi connectivity index (χ3n) is 4.22. The number of nitriles is 1. The summed E-state index contributed by atoms with van der Waals surface area (Å²) in [5.41, 5.74) is 7.93. The van der Waals surface area contributed by atoms with E-state index in [1.165, 1.54) is 0 Å². The van der Waals surface area contributed by atoms with Gasteiger partial charge in [0.05, 0.1) is 11.4 Å². The lowest BCUT2D eigenvalue weighted by Gasteiger charge is -2.09. The van der Waals surface area contributed by atoms with E-state index in [9.17, 15) is 10.1 Å². The molecule has 1 atom stereocenters. The van der Waals surface area contributed by atoms with Gasteiger partial charge in [0.1, 0.15) is 23.6 Å². The van der Waals surface area contributed by atoms with E-state index >= 15 is 0 Å². The van der Waals surface area contributed by atoms with Crippen LogP contribution in [0.1, 0.15) is 30.5 Å². The Morgan fingerprint density at radius 2 is 2.24 bits per heavy atom. The molecule has 1 fully saturated rings. The number of nitrogens with one attached hydrogen (secondary N) is 1. The fourth-order valence-corrected chi connectivity index (χ4v) is 2.91. The first-order valence-corrected chi connectivity index (χ1v) is 8.43. The number of rotatable bonds is 6. The van der Waals surface area contributed by atoms with Crippen molar-refractivity contribution in [1.29, 1.82) is 5.26 Å². The van der Waals surface area contributed by atoms with Gasteiger partial charge in [-0.25, -0.2) is 4.68 Å². The van der Waals surface area contributed by atoms with Crippen molar-refractivity contribution in [2.45, 2.75) is 31.8 Å². The third-order valence-corrected chi connectivity index (χ3v) is 4.22. The zero-order chi connectivity index (χ0) is 17.6. The predicted molar refractivity (Wildman–Crippen MR) is 93.0 cm³/mol. The van der Waals surface area contributed by atoms with Crippen LogP contribution in [0.15, 0.2) is 30.3 Å². The van der Waals surface area contributed by atoms with E-state index in [1.54, 1.807) is 4.68 Å². The van der Waals surface area contributed by atoms with Crippen LogP contribution in [0.5, 0.6) is 0 Å². The van der Waals surface area contributed by atoms with Crippen LogP contribution < -0.4 is 11.1 Å². The van der Waals surface area contributed by atoms with Gasteiger partial charge in [0.15, 0.2) is 0 Å². The fourth-order valence-electron chi connectivity index (χ4n) is 2.91. The van der Waals surface area contributed by atoms with E-state index in [4.69, 9.17) is 10.5 Å². The Kier molecular flexibility index (Phi) is 5.31. The molecule has 1 saturated heterocycles. The summed E-state index contributed by atoms with van der Waals surface area (Å²) in [7, 11) is 0. The Balaban J connectivity index is 1.61. The lowest BCUT2D eigenvalue weighted by Crippen LogP contribution is -2.34. The number of nitrogens with zero attached hydrogens (tertiary/aromatic N) is 3. The first-order valence-electron chi connectivity index (χ1n) is 8.43. The number of aromatic nitrogens is 2. The lowest BCUT2D eigenvalue weighted by atomic mass is 10.1. The minimum absolute atomic E-state index is 0.0627. The normalized spacial score (nSPS) is 16.5. The summed E-state index contributed by atoms with van der Waals surface area (Å²) in [5.74, 6) is 0.277. The van der Waals surface area contributed by atoms with Gasteiger partial charge in [-0.15, -0.1) is 0 Å². The van der Waals surface area contributed by atoms with Crippen molar-refractivity contribution in [3.05, 3.63) is 41.6 Å². The van der Waals surface area contributed by atoms with Gasteiger partial charge < -0.3 is 15.8 Å². The highest BCUT2D eigenvalue weighted by Gasteiger charge is 2.23. The molecule has 1 aliphatic rings. The molecular formula is C18H21N5O2. The molecule has 25 heavy (non-hydrogen) atoms. The van der Waals surface area contributed by atoms with Gasteiger partial charge in [-0.3, -0.25) is 4.79 Å². The van der Waals surface area contributed by atoms with Crippen LogP contribution in [0.25, 0.3) is 5.69 Å². The summed E-state index contributed by atoms with van der Waals surface area (Å²) in [6.45, 7) is 1.17. The topological polar surface area (TPSA) is 106 Å². The molecule has 1 unspecified atom stereocenters. The Labute approximate surface area is 146 Å². The number of benzene rings is 1. The van der Waals surface area contributed by atoms with Crippen molar-refractivity contribution in [2.24, 2.45) is 0 Å². The molecule has 130 valence electrons. The lowest BCUT2D eigenvalue weighted by molar-refractivity contribution is -0.130. The number of carbonyl (C=O) groups excluding carboxylic acids is 1. The number of hydrogen-bond donors (Lipinski definition) is 2. The van der Waals surface area contributed by atoms with Crippen molar-refractivity contribution < 1.29 is 9.53 Å². The second-order valence-electron chi connectivity index (χ2n) is 5.96. The number of para-hydroxylation sites is 1. The van der Waals surface area contributed by atoms with Gasteiger partial charge in [-0.2, -0.15) is 10.4 Å². The van der Waals surface area contributed by atoms with Gasteiger partial charge in [0, 0.05) is 13.2 Å². The number of amides is 1. The summed E-state index contributed by atoms with van der Waals surface area (Å²) in [6.07, 6.45) is 2.64. The number of ether oxygens (including phenoxy) is 1. The Bertz CT molecular complexity index is 773. The number of aryl methyl sites for hydroxylation is 1. The Morgan fingerprint density at radius 1 is 1.44 bits per heavy atom. The molecule has 0 aliphatic carbocycles. The highest BCUT2D eigenvalue weighted by molar-refractivity contribution is 5.80. The van der Waals surface area contributed by atoms with Crippen molar-refractivity contribution in [2.75, 3.05) is 18.9 Å². The number of anilines is 1. The second kappa shape index (κ2) is 7.81. The monoisotopic (exact) mass is 339 g/mol. The van der Waals surface area contributed by atoms with Gasteiger partial charge in [0.2, 0.25) is 5.91 Å². The van der Waals surface area contributed by atoms with Crippen molar-refractivity contribution >= 4 is 11.7 Å². The molecule has 1 aliphatic heterocycles. The van der Waals surface area contributed by atoms with Crippen molar-refractivity contribution in [1.82, 2.24) is 15.1 Å². The molecule has 0 saturated carbocycles. The highest BCUT2D eigenvalue weighted by Crippen LogP contribution is 2.21. The van der Waals surface area contributed by atoms with Crippen LogP contribution in [-0.2, 0) is 16.0 Å². The molecule has 7 heteroatoms. The smallest absolute Gasteiger partial charge is 0.249 e. The largest absolute Gasteiger partial charge is 0.382 e. The van der Waals surface area contributed by atoms with E-state index in [1.807, 2.05) is 30.3 Å². The summed E-state index contributed by atoms with van der Waals surface area (Å²) >= 11 is 0. The quantitative estimate of drug-likeness (QED) is 0.777. The maximum absolute atomic E-state index is 11.9. The Hall–Kier alpha value is -2.85. The number of nitrogens with two attached hydrogens (primary N) is 1. The molecule has 2 heterocycles. The summed E-state index contributed by atoms with van der Waals surface area (Å²) in [4.78, 5) is 11.9. The van der Waals surface area contributed by atoms with Crippen LogP contribution in [0, 0.1) is 11.3 Å². The van der Waals surface area contributed by atoms with Crippen LogP contribution in [0.2, 0.25) is 0 Å². The van der Waals surface area contributed by atoms with Crippen LogP contribution in [0.4, 0.5) is 5.82 Å². The minimum atomic E-state index is -0.317. The molecule has 0 bridgehead atoms. The summed E-state index contributed by atoms with van der Waals surface area (Å²) in [5, 5.41) is 16.7. The molecule has 3 rings (SSSR count). The molecule has 0 radical (unpaired) electrons. The number of hydrogen-bond acceptors (Lipinski definition) is 5. The molecular weight excluding hydrogens is 318 g/mol. The van der Waals surface area contributed by atoms with Gasteiger partial charge in [-0.05, 0) is 37.8 Å². The van der Waals surface area contributed by atoms with E-state index in [2.05, 4.69) is 16.5 Å². The van der Waals surface area contributed by atoms with Gasteiger partial charge in [-0.1, -0.05) is 18.2 Å². The zero-order valence-corrected chi connectivity index (χ0v) is 13.9. The van der Waals surface area contributed by atoms with E-state index < -0.39 is 0 Å². The SMILES string of the molecule is N#Cc1c(CCCNC(=O)C2CCCO2)nn(-c2ccccc2)c1N. The molecule has 1 aromatic carbocycles. The first kappa shape index (κ1) is 17.0. The average Bonchev–Trinajstić information content (AvgIpc) is 3.27. The Morgan fingerprint density at radius 3 is 2.92 bits per heavy atom. The fraction of sp³-hybridized carbons (Fsp3) is 0.389. The first-order chi connectivity index (χ1) is 12.2. The standard InChI is InChI=1S/C18H21N5O2/c19-12-14-15(8-4-10-21-18(24)16-9-5-11-25-16)22-23(17(14)20)13-6-2-1-3-7-13/h1-3,6-7,16H,4-5,8-11,20H2,(H,21,24). The van der Waals surface area contributed by atoms with E-state index in [0.717, 1.165) is 18.5 Å². The van der Waals surface area contributed by atoms with Crippen molar-refractivity contribution in [3.8, 4) is 11.8 Å². The zero-order valence-electron chi connectivity index (χ0n) is 13.9.